The molecule has 0 bridgehead atoms. The quantitative estimate of drug-likeness (QED) is 0.274. The first-order valence-corrected chi connectivity index (χ1v) is 13.9. The van der Waals surface area contributed by atoms with Gasteiger partial charge in [0.15, 0.2) is 0 Å². The van der Waals surface area contributed by atoms with Gasteiger partial charge in [0.05, 0.1) is 6.10 Å². The van der Waals surface area contributed by atoms with Gasteiger partial charge in [0.25, 0.3) is 0 Å². The number of ether oxygens (including phenoxy) is 2. The van der Waals surface area contributed by atoms with Gasteiger partial charge >= 0.3 is 5.97 Å². The van der Waals surface area contributed by atoms with Crippen LogP contribution in [-0.4, -0.2) is 76.9 Å². The maximum Gasteiger partial charge on any atom is 0.329 e. The third-order valence-corrected chi connectivity index (χ3v) is 6.54. The number of aryl methyl sites for hydroxylation is 3. The maximum absolute atomic E-state index is 13.0. The molecule has 2 atom stereocenters. The smallest absolute Gasteiger partial charge is 0.329 e. The zero-order valence-electron chi connectivity index (χ0n) is 24.0. The topological polar surface area (TPSA) is 102 Å². The molecule has 0 aliphatic carbocycles. The van der Waals surface area contributed by atoms with Crippen LogP contribution in [0.2, 0.25) is 0 Å². The number of unbranched alkanes of at least 4 members (excludes halogenated alkanes) is 1. The molecule has 2 N–H and O–H groups in total. The molecule has 2 aromatic heterocycles. The molecular weight excluding hydrogens is 480 g/mol. The number of pyridine rings is 1. The summed E-state index contributed by atoms with van der Waals surface area (Å²) >= 11 is 0. The number of fused-ring (bicyclic) bond motifs is 1. The molecule has 0 aromatic carbocycles. The van der Waals surface area contributed by atoms with Crippen LogP contribution in [0, 0.1) is 6.92 Å². The second-order valence-corrected chi connectivity index (χ2v) is 11.2. The van der Waals surface area contributed by atoms with Gasteiger partial charge in [-0.2, -0.15) is 0 Å². The van der Waals surface area contributed by atoms with E-state index in [-0.39, 0.29) is 12.1 Å². The lowest BCUT2D eigenvalue weighted by molar-refractivity contribution is -0.156. The van der Waals surface area contributed by atoms with Crippen LogP contribution in [0.15, 0.2) is 24.5 Å². The first-order valence-electron chi connectivity index (χ1n) is 13.9. The SMILES string of the molecule is CO[C@@H](C)CN(CCCCc1ccc2c(n1)NCCC2)CC[C@H](Nc1ncc(C)cn1)C(=O)OC(C)(C)C. The Bertz CT molecular complexity index is 1010. The molecule has 9 nitrogen and oxygen atoms in total. The van der Waals surface area contributed by atoms with Gasteiger partial charge in [-0.1, -0.05) is 6.07 Å². The Hall–Kier alpha value is -2.78. The van der Waals surface area contributed by atoms with E-state index >= 15 is 0 Å². The summed E-state index contributed by atoms with van der Waals surface area (Å²) in [5.41, 5.74) is 2.85. The molecule has 0 fully saturated rings. The van der Waals surface area contributed by atoms with Gasteiger partial charge in [0, 0.05) is 44.8 Å². The first kappa shape index (κ1) is 29.8. The number of nitrogens with zero attached hydrogens (tertiary/aromatic N) is 4. The van der Waals surface area contributed by atoms with E-state index in [0.717, 1.165) is 68.9 Å². The van der Waals surface area contributed by atoms with Crippen LogP contribution in [0.4, 0.5) is 11.8 Å². The Morgan fingerprint density at radius 2 is 1.95 bits per heavy atom. The van der Waals surface area contributed by atoms with Crippen molar-refractivity contribution in [2.75, 3.05) is 43.9 Å². The fourth-order valence-electron chi connectivity index (χ4n) is 4.44. The van der Waals surface area contributed by atoms with E-state index in [4.69, 9.17) is 14.5 Å². The molecule has 0 spiro atoms. The molecule has 1 aliphatic rings. The summed E-state index contributed by atoms with van der Waals surface area (Å²) in [4.78, 5) is 28.9. The van der Waals surface area contributed by atoms with E-state index in [2.05, 4.69) is 44.6 Å². The number of rotatable bonds is 14. The van der Waals surface area contributed by atoms with Crippen LogP contribution in [0.1, 0.15) is 70.2 Å². The molecule has 38 heavy (non-hydrogen) atoms. The van der Waals surface area contributed by atoms with E-state index in [1.165, 1.54) is 12.0 Å². The number of anilines is 2. The largest absolute Gasteiger partial charge is 0.458 e. The zero-order valence-corrected chi connectivity index (χ0v) is 24.0. The van der Waals surface area contributed by atoms with Crippen molar-refractivity contribution < 1.29 is 14.3 Å². The number of carbonyl (C=O) groups excluding carboxylic acids is 1. The summed E-state index contributed by atoms with van der Waals surface area (Å²) in [5, 5.41) is 6.62. The van der Waals surface area contributed by atoms with E-state index in [9.17, 15) is 4.79 Å². The van der Waals surface area contributed by atoms with Crippen LogP contribution >= 0.6 is 0 Å². The summed E-state index contributed by atoms with van der Waals surface area (Å²) in [6.07, 6.45) is 9.46. The van der Waals surface area contributed by atoms with E-state index < -0.39 is 11.6 Å². The highest BCUT2D eigenvalue weighted by Gasteiger charge is 2.26. The van der Waals surface area contributed by atoms with Crippen molar-refractivity contribution in [3.05, 3.63) is 41.3 Å². The average molecular weight is 527 g/mol. The molecule has 3 rings (SSSR count). The fourth-order valence-corrected chi connectivity index (χ4v) is 4.44. The molecule has 0 unspecified atom stereocenters. The van der Waals surface area contributed by atoms with Gasteiger partial charge in [-0.25, -0.2) is 19.7 Å². The highest BCUT2D eigenvalue weighted by molar-refractivity contribution is 5.79. The lowest BCUT2D eigenvalue weighted by Crippen LogP contribution is -2.41. The van der Waals surface area contributed by atoms with Crippen LogP contribution in [-0.2, 0) is 27.1 Å². The number of nitrogens with one attached hydrogen (secondary N) is 2. The van der Waals surface area contributed by atoms with E-state index in [1.54, 1.807) is 19.5 Å². The molecule has 0 saturated heterocycles. The standard InChI is InChI=1S/C29H46N6O3/c1-21-18-31-28(32-19-21)34-25(27(36)38-29(3,4)5)14-17-35(20-22(2)37-6)16-8-7-11-24-13-12-23-10-9-15-30-26(23)33-24/h12-13,18-19,22,25H,7-11,14-17,20H2,1-6H3,(H,30,33)(H,31,32,34)/t22-,25-/m0/s1. The maximum atomic E-state index is 13.0. The number of hydrogen-bond acceptors (Lipinski definition) is 9. The first-order chi connectivity index (χ1) is 18.1. The molecule has 0 amide bonds. The Kier molecular flexibility index (Phi) is 11.3. The second-order valence-electron chi connectivity index (χ2n) is 11.2. The number of hydrogen-bond donors (Lipinski definition) is 2. The predicted molar refractivity (Wildman–Crippen MR) is 152 cm³/mol. The summed E-state index contributed by atoms with van der Waals surface area (Å²) in [6.45, 7) is 13.1. The Labute approximate surface area is 228 Å². The van der Waals surface area contributed by atoms with Crippen LogP contribution in [0.5, 0.6) is 0 Å². The summed E-state index contributed by atoms with van der Waals surface area (Å²) in [6, 6.07) is 3.84. The molecule has 1 aliphatic heterocycles. The Morgan fingerprint density at radius 1 is 1.18 bits per heavy atom. The van der Waals surface area contributed by atoms with Crippen LogP contribution in [0.3, 0.4) is 0 Å². The van der Waals surface area contributed by atoms with Crippen molar-refractivity contribution in [3.8, 4) is 0 Å². The third kappa shape index (κ3) is 10.2. The Balaban J connectivity index is 1.57. The molecule has 210 valence electrons. The van der Waals surface area contributed by atoms with Crippen molar-refractivity contribution in [2.45, 2.75) is 90.9 Å². The number of methoxy groups -OCH3 is 1. The molecule has 9 heteroatoms. The molecule has 0 radical (unpaired) electrons. The molecule has 3 heterocycles. The minimum absolute atomic E-state index is 0.0942. The van der Waals surface area contributed by atoms with Gasteiger partial charge in [-0.15, -0.1) is 0 Å². The summed E-state index contributed by atoms with van der Waals surface area (Å²) in [5.74, 6) is 1.19. The van der Waals surface area contributed by atoms with Crippen molar-refractivity contribution in [3.63, 3.8) is 0 Å². The van der Waals surface area contributed by atoms with E-state index in [1.807, 2.05) is 27.7 Å². The van der Waals surface area contributed by atoms with Crippen molar-refractivity contribution in [2.24, 2.45) is 0 Å². The van der Waals surface area contributed by atoms with Gasteiger partial charge < -0.3 is 25.0 Å². The average Bonchev–Trinajstić information content (AvgIpc) is 2.88. The van der Waals surface area contributed by atoms with Gasteiger partial charge in [0.1, 0.15) is 17.5 Å². The number of aromatic nitrogens is 3. The van der Waals surface area contributed by atoms with Crippen LogP contribution in [0.25, 0.3) is 0 Å². The minimum atomic E-state index is -0.574. The monoisotopic (exact) mass is 526 g/mol. The van der Waals surface area contributed by atoms with Gasteiger partial charge in [-0.05, 0) is 96.9 Å². The van der Waals surface area contributed by atoms with Crippen molar-refractivity contribution >= 4 is 17.7 Å². The predicted octanol–water partition coefficient (Wildman–Crippen LogP) is 4.41. The molecule has 2 aromatic rings. The lowest BCUT2D eigenvalue weighted by Gasteiger charge is -2.28. The molecule has 0 saturated carbocycles. The number of carbonyl (C=O) groups is 1. The minimum Gasteiger partial charge on any atom is -0.458 e. The molecular formula is C29H46N6O3. The number of esters is 1. The highest BCUT2D eigenvalue weighted by atomic mass is 16.6. The normalized spacial score (nSPS) is 14.9. The van der Waals surface area contributed by atoms with Gasteiger partial charge in [-0.3, -0.25) is 0 Å². The van der Waals surface area contributed by atoms with Crippen molar-refractivity contribution in [1.29, 1.82) is 0 Å². The van der Waals surface area contributed by atoms with E-state index in [0.29, 0.717) is 12.4 Å². The van der Waals surface area contributed by atoms with Crippen molar-refractivity contribution in [1.82, 2.24) is 19.9 Å². The third-order valence-electron chi connectivity index (χ3n) is 6.54. The summed E-state index contributed by atoms with van der Waals surface area (Å²) in [7, 11) is 1.73. The van der Waals surface area contributed by atoms with Crippen LogP contribution < -0.4 is 10.6 Å². The fraction of sp³-hybridized carbons (Fsp3) is 0.655. The lowest BCUT2D eigenvalue weighted by atomic mass is 10.1. The second kappa shape index (κ2) is 14.4. The van der Waals surface area contributed by atoms with Gasteiger partial charge in [0.2, 0.25) is 5.95 Å². The summed E-state index contributed by atoms with van der Waals surface area (Å²) < 4.78 is 11.3. The highest BCUT2D eigenvalue weighted by Crippen LogP contribution is 2.20. The zero-order chi connectivity index (χ0) is 27.5. The Morgan fingerprint density at radius 3 is 2.66 bits per heavy atom.